The molecule has 106 valence electrons. The van der Waals surface area contributed by atoms with Crippen molar-refractivity contribution in [3.8, 4) is 16.9 Å². The Morgan fingerprint density at radius 1 is 1.29 bits per heavy atom. The number of aromatic amines is 1. The van der Waals surface area contributed by atoms with Crippen LogP contribution in [-0.2, 0) is 0 Å². The van der Waals surface area contributed by atoms with E-state index in [1.54, 1.807) is 31.3 Å². The fourth-order valence-electron chi connectivity index (χ4n) is 2.00. The minimum Gasteiger partial charge on any atom is -0.313 e. The zero-order valence-electron chi connectivity index (χ0n) is 10.8. The standard InChI is InChI=1S/C13H9Cl2N5O/c1-7-12(16-6-17-13(7)21)9-4-8(14)2-3-10(9)20-5-11(15)18-19-20/h2-6H,1H3,(H,16,17,21). The number of nitrogens with one attached hydrogen (secondary N) is 1. The summed E-state index contributed by atoms with van der Waals surface area (Å²) < 4.78 is 1.51. The van der Waals surface area contributed by atoms with E-state index in [4.69, 9.17) is 23.2 Å². The maximum absolute atomic E-state index is 11.8. The van der Waals surface area contributed by atoms with E-state index < -0.39 is 0 Å². The van der Waals surface area contributed by atoms with Gasteiger partial charge in [0.2, 0.25) is 0 Å². The lowest BCUT2D eigenvalue weighted by atomic mass is 10.1. The molecule has 21 heavy (non-hydrogen) atoms. The number of H-pyrrole nitrogens is 1. The second kappa shape index (κ2) is 5.31. The van der Waals surface area contributed by atoms with Crippen LogP contribution in [0, 0.1) is 6.92 Å². The van der Waals surface area contributed by atoms with E-state index in [1.165, 1.54) is 11.0 Å². The van der Waals surface area contributed by atoms with Gasteiger partial charge in [0.1, 0.15) is 0 Å². The fourth-order valence-corrected chi connectivity index (χ4v) is 2.30. The van der Waals surface area contributed by atoms with Crippen LogP contribution in [0.15, 0.2) is 35.5 Å². The molecule has 0 radical (unpaired) electrons. The molecule has 0 saturated carbocycles. The lowest BCUT2D eigenvalue weighted by molar-refractivity contribution is 0.804. The van der Waals surface area contributed by atoms with Gasteiger partial charge in [-0.2, -0.15) is 0 Å². The third-order valence-electron chi connectivity index (χ3n) is 3.01. The molecule has 0 spiro atoms. The van der Waals surface area contributed by atoms with Gasteiger partial charge in [0, 0.05) is 16.1 Å². The van der Waals surface area contributed by atoms with Crippen LogP contribution in [0.1, 0.15) is 5.56 Å². The van der Waals surface area contributed by atoms with Gasteiger partial charge in [-0.25, -0.2) is 9.67 Å². The zero-order valence-corrected chi connectivity index (χ0v) is 12.4. The van der Waals surface area contributed by atoms with Crippen LogP contribution >= 0.6 is 23.2 Å². The molecule has 3 aromatic rings. The molecular weight excluding hydrogens is 313 g/mol. The van der Waals surface area contributed by atoms with Crippen LogP contribution < -0.4 is 5.56 Å². The molecule has 6 nitrogen and oxygen atoms in total. The maximum Gasteiger partial charge on any atom is 0.254 e. The Labute approximate surface area is 129 Å². The largest absolute Gasteiger partial charge is 0.313 e. The van der Waals surface area contributed by atoms with Crippen molar-refractivity contribution in [1.29, 1.82) is 0 Å². The third-order valence-corrected chi connectivity index (χ3v) is 3.42. The van der Waals surface area contributed by atoms with Crippen molar-refractivity contribution >= 4 is 23.2 Å². The van der Waals surface area contributed by atoms with Crippen LogP contribution in [0.2, 0.25) is 10.2 Å². The Hall–Kier alpha value is -2.18. The number of aromatic nitrogens is 5. The van der Waals surface area contributed by atoms with Gasteiger partial charge >= 0.3 is 0 Å². The summed E-state index contributed by atoms with van der Waals surface area (Å²) in [5, 5.41) is 8.48. The number of hydrogen-bond acceptors (Lipinski definition) is 4. The second-order valence-electron chi connectivity index (χ2n) is 4.35. The van der Waals surface area contributed by atoms with Crippen molar-refractivity contribution in [3.63, 3.8) is 0 Å². The van der Waals surface area contributed by atoms with Gasteiger partial charge in [-0.1, -0.05) is 28.4 Å². The van der Waals surface area contributed by atoms with Crippen molar-refractivity contribution in [3.05, 3.63) is 56.8 Å². The summed E-state index contributed by atoms with van der Waals surface area (Å²) >= 11 is 11.9. The molecule has 2 heterocycles. The van der Waals surface area contributed by atoms with Gasteiger partial charge in [-0.15, -0.1) is 5.10 Å². The fraction of sp³-hybridized carbons (Fsp3) is 0.0769. The lowest BCUT2D eigenvalue weighted by Crippen LogP contribution is -2.12. The van der Waals surface area contributed by atoms with Gasteiger partial charge in [0.15, 0.2) is 5.15 Å². The molecule has 8 heteroatoms. The number of hydrogen-bond donors (Lipinski definition) is 1. The van der Waals surface area contributed by atoms with E-state index in [9.17, 15) is 4.79 Å². The Kier molecular flexibility index (Phi) is 3.48. The summed E-state index contributed by atoms with van der Waals surface area (Å²) in [6.07, 6.45) is 2.92. The molecule has 0 bridgehead atoms. The average molecular weight is 322 g/mol. The highest BCUT2D eigenvalue weighted by molar-refractivity contribution is 6.31. The number of halogens is 2. The molecule has 3 rings (SSSR count). The molecule has 0 amide bonds. The predicted octanol–water partition coefficient (Wildman–Crippen LogP) is 2.63. The normalized spacial score (nSPS) is 10.8. The molecular formula is C13H9Cl2N5O. The van der Waals surface area contributed by atoms with Crippen molar-refractivity contribution in [2.45, 2.75) is 6.92 Å². The van der Waals surface area contributed by atoms with E-state index in [2.05, 4.69) is 20.3 Å². The summed E-state index contributed by atoms with van der Waals surface area (Å²) in [4.78, 5) is 18.5. The van der Waals surface area contributed by atoms with Crippen molar-refractivity contribution in [1.82, 2.24) is 25.0 Å². The molecule has 0 aliphatic rings. The van der Waals surface area contributed by atoms with E-state index in [0.29, 0.717) is 27.5 Å². The topological polar surface area (TPSA) is 76.5 Å². The van der Waals surface area contributed by atoms with E-state index >= 15 is 0 Å². The lowest BCUT2D eigenvalue weighted by Gasteiger charge is -2.10. The highest BCUT2D eigenvalue weighted by Gasteiger charge is 2.14. The van der Waals surface area contributed by atoms with E-state index in [-0.39, 0.29) is 10.7 Å². The van der Waals surface area contributed by atoms with Crippen LogP contribution in [0.4, 0.5) is 0 Å². The molecule has 0 aliphatic carbocycles. The van der Waals surface area contributed by atoms with Crippen LogP contribution in [0.3, 0.4) is 0 Å². The van der Waals surface area contributed by atoms with Crippen molar-refractivity contribution < 1.29 is 0 Å². The molecule has 2 aromatic heterocycles. The highest BCUT2D eigenvalue weighted by atomic mass is 35.5. The summed E-state index contributed by atoms with van der Waals surface area (Å²) in [6, 6.07) is 5.21. The third kappa shape index (κ3) is 2.55. The first-order valence-electron chi connectivity index (χ1n) is 5.98. The number of rotatable bonds is 2. The number of nitrogens with zero attached hydrogens (tertiary/aromatic N) is 4. The minimum atomic E-state index is -0.206. The molecule has 1 aromatic carbocycles. The molecule has 0 unspecified atom stereocenters. The maximum atomic E-state index is 11.8. The summed E-state index contributed by atoms with van der Waals surface area (Å²) in [5.74, 6) is 0. The predicted molar refractivity (Wildman–Crippen MR) is 80.0 cm³/mol. The van der Waals surface area contributed by atoms with Gasteiger partial charge in [0.05, 0.1) is 23.9 Å². The molecule has 0 fully saturated rings. The molecule has 0 aliphatic heterocycles. The minimum absolute atomic E-state index is 0.206. The van der Waals surface area contributed by atoms with Crippen LogP contribution in [0.5, 0.6) is 0 Å². The summed E-state index contributed by atoms with van der Waals surface area (Å²) in [5.41, 5.74) is 2.17. The summed E-state index contributed by atoms with van der Waals surface area (Å²) in [7, 11) is 0. The second-order valence-corrected chi connectivity index (χ2v) is 5.18. The van der Waals surface area contributed by atoms with Gasteiger partial charge < -0.3 is 4.98 Å². The SMILES string of the molecule is Cc1c(-c2cc(Cl)ccc2-n2cc(Cl)nn2)nc[nH]c1=O. The number of benzene rings is 1. The Morgan fingerprint density at radius 2 is 2.10 bits per heavy atom. The average Bonchev–Trinajstić information content (AvgIpc) is 2.88. The highest BCUT2D eigenvalue weighted by Crippen LogP contribution is 2.29. The van der Waals surface area contributed by atoms with Crippen LogP contribution in [-0.4, -0.2) is 25.0 Å². The Bertz CT molecular complexity index is 871. The Balaban J connectivity index is 2.29. The van der Waals surface area contributed by atoms with Crippen LogP contribution in [0.25, 0.3) is 16.9 Å². The van der Waals surface area contributed by atoms with Gasteiger partial charge in [-0.05, 0) is 25.1 Å². The Morgan fingerprint density at radius 3 is 2.81 bits per heavy atom. The molecule has 1 N–H and O–H groups in total. The smallest absolute Gasteiger partial charge is 0.254 e. The van der Waals surface area contributed by atoms with Crippen molar-refractivity contribution in [2.24, 2.45) is 0 Å². The van der Waals surface area contributed by atoms with Gasteiger partial charge in [0.25, 0.3) is 5.56 Å². The monoisotopic (exact) mass is 321 g/mol. The first-order chi connectivity index (χ1) is 10.1. The van der Waals surface area contributed by atoms with Gasteiger partial charge in [-0.3, -0.25) is 4.79 Å². The van der Waals surface area contributed by atoms with E-state index in [1.807, 2.05) is 0 Å². The van der Waals surface area contributed by atoms with Crippen molar-refractivity contribution in [2.75, 3.05) is 0 Å². The zero-order chi connectivity index (χ0) is 15.0. The first kappa shape index (κ1) is 13.8. The quantitative estimate of drug-likeness (QED) is 0.787. The molecule has 0 atom stereocenters. The summed E-state index contributed by atoms with van der Waals surface area (Å²) in [6.45, 7) is 1.69. The molecule has 0 saturated heterocycles. The van der Waals surface area contributed by atoms with E-state index in [0.717, 1.165) is 0 Å². The first-order valence-corrected chi connectivity index (χ1v) is 6.74.